The maximum absolute atomic E-state index is 4.31. The van der Waals surface area contributed by atoms with Gasteiger partial charge < -0.3 is 10.6 Å². The molecule has 2 bridgehead atoms. The summed E-state index contributed by atoms with van der Waals surface area (Å²) in [5, 5.41) is 11.1. The van der Waals surface area contributed by atoms with Crippen LogP contribution in [0, 0.1) is 17.8 Å². The zero-order valence-electron chi connectivity index (χ0n) is 14.1. The van der Waals surface area contributed by atoms with Crippen molar-refractivity contribution in [3.05, 3.63) is 18.5 Å². The Labute approximate surface area is 156 Å². The molecular weight excluding hydrogens is 401 g/mol. The van der Waals surface area contributed by atoms with Crippen molar-refractivity contribution in [1.29, 1.82) is 0 Å². The van der Waals surface area contributed by atoms with Crippen LogP contribution in [0.3, 0.4) is 0 Å². The monoisotopic (exact) mass is 431 g/mol. The lowest BCUT2D eigenvalue weighted by molar-refractivity contribution is 0.315. The number of aromatic nitrogens is 2. The quantitative estimate of drug-likeness (QED) is 0.302. The molecule has 0 radical (unpaired) electrons. The molecule has 1 aromatic heterocycles. The minimum Gasteiger partial charge on any atom is -0.356 e. The van der Waals surface area contributed by atoms with Gasteiger partial charge in [-0.25, -0.2) is 0 Å². The van der Waals surface area contributed by atoms with Crippen LogP contribution in [0.15, 0.2) is 23.5 Å². The molecule has 0 aromatic carbocycles. The lowest BCUT2D eigenvalue weighted by Crippen LogP contribution is -2.39. The molecule has 2 fully saturated rings. The maximum Gasteiger partial charge on any atom is 0.190 e. The van der Waals surface area contributed by atoms with Crippen molar-refractivity contribution < 1.29 is 0 Å². The van der Waals surface area contributed by atoms with E-state index in [1.165, 1.54) is 32.1 Å². The van der Waals surface area contributed by atoms with E-state index in [1.807, 2.05) is 30.2 Å². The number of guanidine groups is 1. The van der Waals surface area contributed by atoms with Gasteiger partial charge in [0, 0.05) is 39.1 Å². The molecule has 2 aliphatic rings. The summed E-state index contributed by atoms with van der Waals surface area (Å²) < 4.78 is 1.97. The van der Waals surface area contributed by atoms with Crippen molar-refractivity contribution in [2.45, 2.75) is 45.1 Å². The van der Waals surface area contributed by atoms with Crippen LogP contribution in [0.2, 0.25) is 0 Å². The normalized spacial score (nSPS) is 26.1. The Morgan fingerprint density at radius 2 is 2.13 bits per heavy atom. The lowest BCUT2D eigenvalue weighted by Gasteiger charge is -2.22. The number of halogens is 1. The van der Waals surface area contributed by atoms with Crippen molar-refractivity contribution in [3.63, 3.8) is 0 Å². The molecule has 0 saturated heterocycles. The van der Waals surface area contributed by atoms with Gasteiger partial charge in [0.1, 0.15) is 0 Å². The second-order valence-electron chi connectivity index (χ2n) is 6.77. The molecule has 6 heteroatoms. The van der Waals surface area contributed by atoms with E-state index in [0.717, 1.165) is 49.8 Å². The first-order chi connectivity index (χ1) is 10.8. The molecule has 0 amide bonds. The molecule has 0 aliphatic heterocycles. The average Bonchev–Trinajstić information content (AvgIpc) is 3.26. The van der Waals surface area contributed by atoms with Gasteiger partial charge in [0.25, 0.3) is 0 Å². The molecular formula is C17H30IN5. The summed E-state index contributed by atoms with van der Waals surface area (Å²) in [5.74, 6) is 3.97. The molecule has 3 unspecified atom stereocenters. The number of hydrogen-bond acceptors (Lipinski definition) is 2. The molecule has 2 saturated carbocycles. The Kier molecular flexibility index (Phi) is 7.65. The largest absolute Gasteiger partial charge is 0.356 e. The van der Waals surface area contributed by atoms with E-state index in [9.17, 15) is 0 Å². The predicted molar refractivity (Wildman–Crippen MR) is 105 cm³/mol. The predicted octanol–water partition coefficient (Wildman–Crippen LogP) is 2.88. The van der Waals surface area contributed by atoms with Crippen LogP contribution in [-0.2, 0) is 6.54 Å². The highest BCUT2D eigenvalue weighted by molar-refractivity contribution is 14.0. The highest BCUT2D eigenvalue weighted by atomic mass is 127. The van der Waals surface area contributed by atoms with E-state index in [-0.39, 0.29) is 24.0 Å². The highest BCUT2D eigenvalue weighted by Gasteiger charge is 2.38. The standard InChI is InChI=1S/C17H29N5.HI/c1-18-17(19-7-2-10-22-11-3-8-21-22)20-9-6-16-13-14-4-5-15(16)12-14;/h3,8,11,14-16H,2,4-7,9-10,12-13H2,1H3,(H2,18,19,20);1H. The molecule has 2 N–H and O–H groups in total. The number of nitrogens with zero attached hydrogens (tertiary/aromatic N) is 3. The SMILES string of the molecule is CN=C(NCCCn1cccn1)NCCC1CC2CCC1C2.I. The zero-order valence-corrected chi connectivity index (χ0v) is 16.4. The molecule has 3 atom stereocenters. The van der Waals surface area contributed by atoms with Crippen LogP contribution in [0.25, 0.3) is 0 Å². The summed E-state index contributed by atoms with van der Waals surface area (Å²) in [6.45, 7) is 2.92. The number of nitrogens with one attached hydrogen (secondary N) is 2. The summed E-state index contributed by atoms with van der Waals surface area (Å²) in [6, 6.07) is 1.96. The summed E-state index contributed by atoms with van der Waals surface area (Å²) >= 11 is 0. The molecule has 130 valence electrons. The van der Waals surface area contributed by atoms with Gasteiger partial charge in [-0.1, -0.05) is 6.42 Å². The van der Waals surface area contributed by atoms with Crippen LogP contribution >= 0.6 is 24.0 Å². The molecule has 0 spiro atoms. The second kappa shape index (κ2) is 9.49. The van der Waals surface area contributed by atoms with Crippen molar-refractivity contribution in [1.82, 2.24) is 20.4 Å². The summed E-state index contributed by atoms with van der Waals surface area (Å²) in [5.41, 5.74) is 0. The van der Waals surface area contributed by atoms with Crippen LogP contribution in [0.5, 0.6) is 0 Å². The Morgan fingerprint density at radius 1 is 1.26 bits per heavy atom. The van der Waals surface area contributed by atoms with Gasteiger partial charge in [-0.3, -0.25) is 9.67 Å². The van der Waals surface area contributed by atoms with Crippen LogP contribution < -0.4 is 10.6 Å². The molecule has 1 heterocycles. The summed E-state index contributed by atoms with van der Waals surface area (Å²) in [4.78, 5) is 4.31. The van der Waals surface area contributed by atoms with E-state index < -0.39 is 0 Å². The third-order valence-corrected chi connectivity index (χ3v) is 5.33. The Hall–Kier alpha value is -0.790. The zero-order chi connectivity index (χ0) is 15.2. The smallest absolute Gasteiger partial charge is 0.190 e. The first-order valence-corrected chi connectivity index (χ1v) is 8.77. The Balaban J connectivity index is 0.00000192. The van der Waals surface area contributed by atoms with Gasteiger partial charge in [0.05, 0.1) is 0 Å². The first-order valence-electron chi connectivity index (χ1n) is 8.77. The third-order valence-electron chi connectivity index (χ3n) is 5.33. The van der Waals surface area contributed by atoms with Gasteiger partial charge in [-0.15, -0.1) is 24.0 Å². The minimum atomic E-state index is 0. The van der Waals surface area contributed by atoms with Gasteiger partial charge in [-0.2, -0.15) is 5.10 Å². The van der Waals surface area contributed by atoms with Gasteiger partial charge >= 0.3 is 0 Å². The van der Waals surface area contributed by atoms with Crippen molar-refractivity contribution in [2.75, 3.05) is 20.1 Å². The molecule has 23 heavy (non-hydrogen) atoms. The van der Waals surface area contributed by atoms with E-state index in [2.05, 4.69) is 20.7 Å². The van der Waals surface area contributed by atoms with Crippen LogP contribution in [0.1, 0.15) is 38.5 Å². The maximum atomic E-state index is 4.31. The number of fused-ring (bicyclic) bond motifs is 2. The van der Waals surface area contributed by atoms with Gasteiger partial charge in [0.15, 0.2) is 5.96 Å². The first kappa shape index (κ1) is 18.5. The lowest BCUT2D eigenvalue weighted by atomic mass is 9.86. The van der Waals surface area contributed by atoms with Crippen molar-refractivity contribution in [2.24, 2.45) is 22.7 Å². The number of aryl methyl sites for hydroxylation is 1. The fourth-order valence-corrected chi connectivity index (χ4v) is 4.21. The number of hydrogen-bond donors (Lipinski definition) is 2. The van der Waals surface area contributed by atoms with Crippen LogP contribution in [-0.4, -0.2) is 35.9 Å². The molecule has 1 aromatic rings. The Bertz CT molecular complexity index is 473. The van der Waals surface area contributed by atoms with Crippen molar-refractivity contribution in [3.8, 4) is 0 Å². The number of aliphatic imine (C=N–C) groups is 1. The fourth-order valence-electron chi connectivity index (χ4n) is 4.21. The Morgan fingerprint density at radius 3 is 2.78 bits per heavy atom. The van der Waals surface area contributed by atoms with Gasteiger partial charge in [-0.05, 0) is 55.9 Å². The van der Waals surface area contributed by atoms with Crippen molar-refractivity contribution >= 4 is 29.9 Å². The molecule has 3 rings (SSSR count). The summed E-state index contributed by atoms with van der Waals surface area (Å²) in [7, 11) is 1.85. The van der Waals surface area contributed by atoms with E-state index in [1.54, 1.807) is 0 Å². The van der Waals surface area contributed by atoms with Crippen LogP contribution in [0.4, 0.5) is 0 Å². The van der Waals surface area contributed by atoms with E-state index in [4.69, 9.17) is 0 Å². The second-order valence-corrected chi connectivity index (χ2v) is 6.77. The highest BCUT2D eigenvalue weighted by Crippen LogP contribution is 2.49. The minimum absolute atomic E-state index is 0. The average molecular weight is 431 g/mol. The van der Waals surface area contributed by atoms with Gasteiger partial charge in [0.2, 0.25) is 0 Å². The third kappa shape index (κ3) is 5.36. The van der Waals surface area contributed by atoms with E-state index in [0.29, 0.717) is 0 Å². The fraction of sp³-hybridized carbons (Fsp3) is 0.765. The topological polar surface area (TPSA) is 54.2 Å². The summed E-state index contributed by atoms with van der Waals surface area (Å²) in [6.07, 6.45) is 12.1. The molecule has 2 aliphatic carbocycles. The number of rotatable bonds is 7. The van der Waals surface area contributed by atoms with E-state index >= 15 is 0 Å². The molecule has 5 nitrogen and oxygen atoms in total.